The summed E-state index contributed by atoms with van der Waals surface area (Å²) >= 11 is 1.55. The van der Waals surface area contributed by atoms with Crippen molar-refractivity contribution in [2.45, 2.75) is 18.9 Å². The zero-order valence-corrected chi connectivity index (χ0v) is 12.9. The van der Waals surface area contributed by atoms with E-state index in [0.29, 0.717) is 17.7 Å². The van der Waals surface area contributed by atoms with Gasteiger partial charge in [-0.05, 0) is 31.2 Å². The number of carbonyl (C=O) groups excluding carboxylic acids is 1. The number of carboxylic acid groups (broad SMARTS) is 1. The van der Waals surface area contributed by atoms with E-state index < -0.39 is 11.5 Å². The molecule has 1 aliphatic heterocycles. The van der Waals surface area contributed by atoms with Gasteiger partial charge in [-0.2, -0.15) is 11.8 Å². The van der Waals surface area contributed by atoms with Gasteiger partial charge in [-0.25, -0.2) is 4.79 Å². The monoisotopic (exact) mass is 316 g/mol. The number of aromatic nitrogens is 1. The number of nitrogens with one attached hydrogen (secondary N) is 1. The quantitative estimate of drug-likeness (QED) is 0.908. The van der Waals surface area contributed by atoms with Gasteiger partial charge in [0.1, 0.15) is 5.54 Å². The number of benzene rings is 1. The van der Waals surface area contributed by atoms with Crippen LogP contribution in [0.3, 0.4) is 0 Å². The third kappa shape index (κ3) is 2.54. The Labute approximate surface area is 132 Å². The molecule has 22 heavy (non-hydrogen) atoms. The molecule has 1 aliphatic rings. The SMILES string of the molecule is Cc1cc(C(=O)N[C@@]2(C(=O)O)CCSC2)c2ccccc2n1. The van der Waals surface area contributed by atoms with E-state index in [1.807, 2.05) is 31.2 Å². The van der Waals surface area contributed by atoms with Gasteiger partial charge in [-0.15, -0.1) is 0 Å². The van der Waals surface area contributed by atoms with Crippen molar-refractivity contribution in [1.82, 2.24) is 10.3 Å². The first-order chi connectivity index (χ1) is 10.5. The summed E-state index contributed by atoms with van der Waals surface area (Å²) in [6.45, 7) is 1.82. The number of aryl methyl sites for hydroxylation is 1. The van der Waals surface area contributed by atoms with E-state index in [-0.39, 0.29) is 5.91 Å². The second-order valence-corrected chi connectivity index (χ2v) is 6.58. The van der Waals surface area contributed by atoms with Crippen LogP contribution >= 0.6 is 11.8 Å². The lowest BCUT2D eigenvalue weighted by atomic mass is 9.97. The van der Waals surface area contributed by atoms with Gasteiger partial charge in [0.25, 0.3) is 5.91 Å². The average molecular weight is 316 g/mol. The van der Waals surface area contributed by atoms with E-state index in [1.165, 1.54) is 0 Å². The zero-order valence-electron chi connectivity index (χ0n) is 12.1. The molecular formula is C16H16N2O3S. The molecule has 0 unspecified atom stereocenters. The summed E-state index contributed by atoms with van der Waals surface area (Å²) in [6.07, 6.45) is 0.445. The summed E-state index contributed by atoms with van der Waals surface area (Å²) in [5.74, 6) is -0.189. The molecule has 1 aromatic heterocycles. The molecule has 2 heterocycles. The van der Waals surface area contributed by atoms with Crippen molar-refractivity contribution in [2.24, 2.45) is 0 Å². The molecule has 1 atom stereocenters. The lowest BCUT2D eigenvalue weighted by Gasteiger charge is -2.25. The van der Waals surface area contributed by atoms with Crippen LogP contribution in [0.5, 0.6) is 0 Å². The second-order valence-electron chi connectivity index (χ2n) is 5.47. The van der Waals surface area contributed by atoms with Crippen LogP contribution < -0.4 is 5.32 Å². The van der Waals surface area contributed by atoms with Gasteiger partial charge in [0, 0.05) is 16.8 Å². The summed E-state index contributed by atoms with van der Waals surface area (Å²) in [5.41, 5.74) is 0.771. The standard InChI is InChI=1S/C16H16N2O3S/c1-10-8-12(11-4-2-3-5-13(11)17-10)14(19)18-16(15(20)21)6-7-22-9-16/h2-5,8H,6-7,9H2,1H3,(H,18,19)(H,20,21)/t16-/m0/s1. The normalized spacial score (nSPS) is 21.0. The first-order valence-electron chi connectivity index (χ1n) is 7.02. The molecule has 0 spiro atoms. The summed E-state index contributed by atoms with van der Waals surface area (Å²) < 4.78 is 0. The molecule has 114 valence electrons. The highest BCUT2D eigenvalue weighted by molar-refractivity contribution is 7.99. The molecule has 5 nitrogen and oxygen atoms in total. The number of fused-ring (bicyclic) bond motifs is 1. The van der Waals surface area contributed by atoms with E-state index in [9.17, 15) is 14.7 Å². The van der Waals surface area contributed by atoms with Crippen LogP contribution in [0.15, 0.2) is 30.3 Å². The van der Waals surface area contributed by atoms with E-state index in [0.717, 1.165) is 22.3 Å². The number of para-hydroxylation sites is 1. The van der Waals surface area contributed by atoms with Crippen molar-refractivity contribution in [3.63, 3.8) is 0 Å². The van der Waals surface area contributed by atoms with Crippen molar-refractivity contribution >= 4 is 34.5 Å². The number of carboxylic acids is 1. The Morgan fingerprint density at radius 1 is 1.36 bits per heavy atom. The summed E-state index contributed by atoms with van der Waals surface area (Å²) in [7, 11) is 0. The molecule has 2 aromatic rings. The first kappa shape index (κ1) is 14.8. The highest BCUT2D eigenvalue weighted by Gasteiger charge is 2.43. The maximum absolute atomic E-state index is 12.7. The first-order valence-corrected chi connectivity index (χ1v) is 8.17. The highest BCUT2D eigenvalue weighted by Crippen LogP contribution is 2.29. The van der Waals surface area contributed by atoms with Gasteiger partial charge < -0.3 is 10.4 Å². The van der Waals surface area contributed by atoms with Crippen LogP contribution in [-0.4, -0.2) is 39.0 Å². The summed E-state index contributed by atoms with van der Waals surface area (Å²) in [6, 6.07) is 9.08. The van der Waals surface area contributed by atoms with Crippen molar-refractivity contribution in [1.29, 1.82) is 0 Å². The zero-order chi connectivity index (χ0) is 15.7. The molecule has 1 amide bonds. The van der Waals surface area contributed by atoms with Crippen molar-refractivity contribution in [3.8, 4) is 0 Å². The Morgan fingerprint density at radius 2 is 2.14 bits per heavy atom. The van der Waals surface area contributed by atoms with Crippen LogP contribution in [-0.2, 0) is 4.79 Å². The summed E-state index contributed by atoms with van der Waals surface area (Å²) in [5, 5.41) is 13.0. The smallest absolute Gasteiger partial charge is 0.330 e. The molecule has 2 N–H and O–H groups in total. The molecule has 0 saturated carbocycles. The molecule has 0 bridgehead atoms. The summed E-state index contributed by atoms with van der Waals surface area (Å²) in [4.78, 5) is 28.6. The Balaban J connectivity index is 2.00. The van der Waals surface area contributed by atoms with Gasteiger partial charge >= 0.3 is 5.97 Å². The number of thioether (sulfide) groups is 1. The molecule has 1 aromatic carbocycles. The van der Waals surface area contributed by atoms with Crippen LogP contribution in [0.4, 0.5) is 0 Å². The van der Waals surface area contributed by atoms with E-state index in [4.69, 9.17) is 0 Å². The highest BCUT2D eigenvalue weighted by atomic mass is 32.2. The molecule has 1 fully saturated rings. The average Bonchev–Trinajstić information content (AvgIpc) is 2.96. The number of pyridine rings is 1. The fraction of sp³-hybridized carbons (Fsp3) is 0.312. The van der Waals surface area contributed by atoms with E-state index >= 15 is 0 Å². The van der Waals surface area contributed by atoms with Crippen LogP contribution in [0.1, 0.15) is 22.5 Å². The van der Waals surface area contributed by atoms with Crippen molar-refractivity contribution in [2.75, 3.05) is 11.5 Å². The third-order valence-electron chi connectivity index (χ3n) is 3.87. The van der Waals surface area contributed by atoms with Gasteiger partial charge in [0.05, 0.1) is 11.1 Å². The molecule has 0 aliphatic carbocycles. The van der Waals surface area contributed by atoms with Crippen molar-refractivity contribution in [3.05, 3.63) is 41.6 Å². The van der Waals surface area contributed by atoms with Crippen LogP contribution in [0, 0.1) is 6.92 Å². The number of hydrogen-bond acceptors (Lipinski definition) is 4. The van der Waals surface area contributed by atoms with Gasteiger partial charge in [-0.1, -0.05) is 18.2 Å². The van der Waals surface area contributed by atoms with Crippen LogP contribution in [0.25, 0.3) is 10.9 Å². The minimum absolute atomic E-state index is 0.355. The molecule has 6 heteroatoms. The lowest BCUT2D eigenvalue weighted by Crippen LogP contribution is -2.54. The topological polar surface area (TPSA) is 79.3 Å². The molecule has 1 saturated heterocycles. The predicted molar refractivity (Wildman–Crippen MR) is 86.3 cm³/mol. The maximum Gasteiger partial charge on any atom is 0.330 e. The lowest BCUT2D eigenvalue weighted by molar-refractivity contribution is -0.143. The Hall–Kier alpha value is -2.08. The number of carbonyl (C=O) groups is 2. The van der Waals surface area contributed by atoms with Crippen molar-refractivity contribution < 1.29 is 14.7 Å². The van der Waals surface area contributed by atoms with E-state index in [1.54, 1.807) is 17.8 Å². The minimum Gasteiger partial charge on any atom is -0.479 e. The minimum atomic E-state index is -1.17. The van der Waals surface area contributed by atoms with Gasteiger partial charge in [0.2, 0.25) is 0 Å². The van der Waals surface area contributed by atoms with Crippen LogP contribution in [0.2, 0.25) is 0 Å². The fourth-order valence-electron chi connectivity index (χ4n) is 2.67. The number of aliphatic carboxylic acids is 1. The van der Waals surface area contributed by atoms with E-state index in [2.05, 4.69) is 10.3 Å². The Bertz CT molecular complexity index is 754. The number of hydrogen-bond donors (Lipinski definition) is 2. The Kier molecular flexibility index (Phi) is 3.78. The molecule has 0 radical (unpaired) electrons. The third-order valence-corrected chi connectivity index (χ3v) is 5.06. The number of nitrogens with zero attached hydrogens (tertiary/aromatic N) is 1. The number of rotatable bonds is 3. The largest absolute Gasteiger partial charge is 0.479 e. The molecule has 3 rings (SSSR count). The fourth-order valence-corrected chi connectivity index (χ4v) is 3.99. The maximum atomic E-state index is 12.7. The Morgan fingerprint density at radius 3 is 2.82 bits per heavy atom. The predicted octanol–water partition coefficient (Wildman–Crippen LogP) is 2.23. The van der Waals surface area contributed by atoms with Gasteiger partial charge in [0.15, 0.2) is 0 Å². The molecular weight excluding hydrogens is 300 g/mol. The second kappa shape index (κ2) is 5.61. The van der Waals surface area contributed by atoms with Gasteiger partial charge in [-0.3, -0.25) is 9.78 Å². The number of amides is 1.